The van der Waals surface area contributed by atoms with Crippen LogP contribution < -0.4 is 11.1 Å². The van der Waals surface area contributed by atoms with Crippen LogP contribution >= 0.6 is 0 Å². The molecular weight excluding hydrogens is 404 g/mol. The van der Waals surface area contributed by atoms with Gasteiger partial charge in [-0.3, -0.25) is 14.4 Å². The van der Waals surface area contributed by atoms with Crippen molar-refractivity contribution in [1.29, 1.82) is 0 Å². The Bertz CT molecular complexity index is 540. The summed E-state index contributed by atoms with van der Waals surface area (Å²) in [6.45, 7) is 2.75. The molecule has 9 heteroatoms. The molecule has 4 N–H and O–H groups in total. The lowest BCUT2D eigenvalue weighted by molar-refractivity contribution is -0.154. The SMILES string of the molecule is CCCCCCCCCCCC(=O)OC[C@@H](O)COC(=O)[C@H](CCC(N)=O)NC(C)=O. The number of amides is 2. The Morgan fingerprint density at radius 3 is 1.97 bits per heavy atom. The summed E-state index contributed by atoms with van der Waals surface area (Å²) in [6.07, 6.45) is 9.36. The summed E-state index contributed by atoms with van der Waals surface area (Å²) in [7, 11) is 0. The van der Waals surface area contributed by atoms with Gasteiger partial charge in [0.1, 0.15) is 25.4 Å². The first-order valence-electron chi connectivity index (χ1n) is 11.3. The van der Waals surface area contributed by atoms with Crippen molar-refractivity contribution in [1.82, 2.24) is 5.32 Å². The van der Waals surface area contributed by atoms with Gasteiger partial charge in [-0.1, -0.05) is 58.3 Å². The van der Waals surface area contributed by atoms with E-state index in [1.807, 2.05) is 0 Å². The number of rotatable bonds is 19. The summed E-state index contributed by atoms with van der Waals surface area (Å²) in [6, 6.07) is -1.04. The number of unbranched alkanes of at least 4 members (excludes halogenated alkanes) is 8. The van der Waals surface area contributed by atoms with Crippen molar-refractivity contribution in [2.45, 2.75) is 103 Å². The van der Waals surface area contributed by atoms with Crippen LogP contribution in [0.4, 0.5) is 0 Å². The Morgan fingerprint density at radius 1 is 0.871 bits per heavy atom. The smallest absolute Gasteiger partial charge is 0.328 e. The van der Waals surface area contributed by atoms with E-state index in [-0.39, 0.29) is 19.4 Å². The lowest BCUT2D eigenvalue weighted by atomic mass is 10.1. The first-order valence-corrected chi connectivity index (χ1v) is 11.3. The van der Waals surface area contributed by atoms with Crippen LogP contribution in [-0.4, -0.2) is 54.2 Å². The number of nitrogens with two attached hydrogens (primary N) is 1. The molecule has 31 heavy (non-hydrogen) atoms. The van der Waals surface area contributed by atoms with E-state index in [2.05, 4.69) is 12.2 Å². The van der Waals surface area contributed by atoms with Crippen molar-refractivity contribution in [3.63, 3.8) is 0 Å². The number of hydrogen-bond donors (Lipinski definition) is 3. The van der Waals surface area contributed by atoms with Gasteiger partial charge in [-0.15, -0.1) is 0 Å². The van der Waals surface area contributed by atoms with Gasteiger partial charge < -0.3 is 25.6 Å². The van der Waals surface area contributed by atoms with E-state index >= 15 is 0 Å². The van der Waals surface area contributed by atoms with Crippen LogP contribution in [0.15, 0.2) is 0 Å². The number of carbonyl (C=O) groups excluding carboxylic acids is 4. The number of primary amides is 1. The third kappa shape index (κ3) is 18.3. The zero-order valence-corrected chi connectivity index (χ0v) is 19.0. The van der Waals surface area contributed by atoms with Gasteiger partial charge >= 0.3 is 11.9 Å². The molecule has 0 fully saturated rings. The Morgan fingerprint density at radius 2 is 1.42 bits per heavy atom. The zero-order chi connectivity index (χ0) is 23.5. The van der Waals surface area contributed by atoms with E-state index < -0.39 is 42.5 Å². The average molecular weight is 445 g/mol. The number of carbonyl (C=O) groups is 4. The number of hydrogen-bond acceptors (Lipinski definition) is 7. The van der Waals surface area contributed by atoms with Crippen LogP contribution in [0.3, 0.4) is 0 Å². The van der Waals surface area contributed by atoms with E-state index in [0.29, 0.717) is 6.42 Å². The predicted octanol–water partition coefficient (Wildman–Crippen LogP) is 2.12. The average Bonchev–Trinajstić information content (AvgIpc) is 2.71. The van der Waals surface area contributed by atoms with Gasteiger partial charge in [0.05, 0.1) is 0 Å². The topological polar surface area (TPSA) is 145 Å². The van der Waals surface area contributed by atoms with Gasteiger partial charge in [0.25, 0.3) is 0 Å². The summed E-state index contributed by atoms with van der Waals surface area (Å²) in [5.74, 6) is -2.26. The fourth-order valence-electron chi connectivity index (χ4n) is 2.95. The second-order valence-electron chi connectivity index (χ2n) is 7.80. The van der Waals surface area contributed by atoms with Gasteiger partial charge in [0, 0.05) is 19.8 Å². The summed E-state index contributed by atoms with van der Waals surface area (Å²) < 4.78 is 9.95. The molecule has 0 heterocycles. The van der Waals surface area contributed by atoms with E-state index in [9.17, 15) is 24.3 Å². The number of esters is 2. The maximum Gasteiger partial charge on any atom is 0.328 e. The van der Waals surface area contributed by atoms with Gasteiger partial charge in [-0.05, 0) is 12.8 Å². The van der Waals surface area contributed by atoms with Crippen molar-refractivity contribution >= 4 is 23.8 Å². The second kappa shape index (κ2) is 18.6. The fraction of sp³-hybridized carbons (Fsp3) is 0.818. The molecule has 0 aromatic heterocycles. The number of aliphatic hydroxyl groups is 1. The van der Waals surface area contributed by atoms with Crippen LogP contribution in [0.25, 0.3) is 0 Å². The normalized spacial score (nSPS) is 12.6. The molecule has 2 amide bonds. The molecule has 0 aliphatic heterocycles. The van der Waals surface area contributed by atoms with Crippen molar-refractivity contribution in [2.24, 2.45) is 5.73 Å². The molecule has 0 aromatic rings. The molecule has 0 saturated heterocycles. The lowest BCUT2D eigenvalue weighted by Crippen LogP contribution is -2.42. The molecule has 180 valence electrons. The first-order chi connectivity index (χ1) is 14.8. The maximum absolute atomic E-state index is 12.0. The largest absolute Gasteiger partial charge is 0.463 e. The zero-order valence-electron chi connectivity index (χ0n) is 19.0. The van der Waals surface area contributed by atoms with Crippen molar-refractivity contribution < 1.29 is 33.8 Å². The molecule has 0 bridgehead atoms. The minimum atomic E-state index is -1.18. The molecule has 0 aromatic carbocycles. The Labute approximate surface area is 185 Å². The Kier molecular flexibility index (Phi) is 17.3. The van der Waals surface area contributed by atoms with Crippen molar-refractivity contribution in [2.75, 3.05) is 13.2 Å². The Hall–Kier alpha value is -2.16. The molecule has 0 rings (SSSR count). The minimum Gasteiger partial charge on any atom is -0.463 e. The molecule has 9 nitrogen and oxygen atoms in total. The fourth-order valence-corrected chi connectivity index (χ4v) is 2.95. The van der Waals surface area contributed by atoms with E-state index in [4.69, 9.17) is 15.2 Å². The van der Waals surface area contributed by atoms with Crippen molar-refractivity contribution in [3.05, 3.63) is 0 Å². The van der Waals surface area contributed by atoms with E-state index in [1.54, 1.807) is 0 Å². The van der Waals surface area contributed by atoms with Gasteiger partial charge in [-0.2, -0.15) is 0 Å². The molecule has 0 spiro atoms. The summed E-state index contributed by atoms with van der Waals surface area (Å²) in [4.78, 5) is 45.8. The third-order valence-electron chi connectivity index (χ3n) is 4.68. The number of nitrogens with one attached hydrogen (secondary N) is 1. The molecule has 0 aliphatic carbocycles. The molecule has 0 unspecified atom stereocenters. The Balaban J connectivity index is 3.91. The molecule has 0 saturated carbocycles. The predicted molar refractivity (Wildman–Crippen MR) is 116 cm³/mol. The van der Waals surface area contributed by atoms with Gasteiger partial charge in [0.15, 0.2) is 0 Å². The first kappa shape index (κ1) is 28.8. The molecule has 0 aliphatic rings. The number of ether oxygens (including phenoxy) is 2. The monoisotopic (exact) mass is 444 g/mol. The highest BCUT2D eigenvalue weighted by Crippen LogP contribution is 2.11. The molecular formula is C22H40N2O7. The van der Waals surface area contributed by atoms with Crippen LogP contribution in [0.1, 0.15) is 90.9 Å². The van der Waals surface area contributed by atoms with E-state index in [0.717, 1.165) is 19.3 Å². The van der Waals surface area contributed by atoms with Crippen LogP contribution in [0.2, 0.25) is 0 Å². The number of aliphatic hydroxyl groups excluding tert-OH is 1. The summed E-state index contributed by atoms with van der Waals surface area (Å²) in [5.41, 5.74) is 5.05. The third-order valence-corrected chi connectivity index (χ3v) is 4.68. The second-order valence-corrected chi connectivity index (χ2v) is 7.80. The highest BCUT2D eigenvalue weighted by molar-refractivity contribution is 5.84. The molecule has 0 radical (unpaired) electrons. The maximum atomic E-state index is 12.0. The minimum absolute atomic E-state index is 0.00241. The summed E-state index contributed by atoms with van der Waals surface area (Å²) >= 11 is 0. The van der Waals surface area contributed by atoms with Gasteiger partial charge in [-0.25, -0.2) is 4.79 Å². The highest BCUT2D eigenvalue weighted by Gasteiger charge is 2.23. The molecule has 2 atom stereocenters. The van der Waals surface area contributed by atoms with Crippen molar-refractivity contribution in [3.8, 4) is 0 Å². The van der Waals surface area contributed by atoms with Crippen LogP contribution in [-0.2, 0) is 28.7 Å². The quantitative estimate of drug-likeness (QED) is 0.204. The van der Waals surface area contributed by atoms with Crippen LogP contribution in [0.5, 0.6) is 0 Å². The lowest BCUT2D eigenvalue weighted by Gasteiger charge is -2.18. The highest BCUT2D eigenvalue weighted by atomic mass is 16.6. The summed E-state index contributed by atoms with van der Waals surface area (Å²) in [5, 5.41) is 12.2. The standard InChI is InChI=1S/C22H40N2O7/c1-3-4-5-6-7-8-9-10-11-12-21(28)30-15-18(26)16-31-22(29)19(24-17(2)25)13-14-20(23)27/h18-19,26H,3-16H2,1-2H3,(H2,23,27)(H,24,25)/t18-,19+/m1/s1. The van der Waals surface area contributed by atoms with E-state index in [1.165, 1.54) is 45.4 Å². The van der Waals surface area contributed by atoms with Gasteiger partial charge in [0.2, 0.25) is 11.8 Å². The van der Waals surface area contributed by atoms with Crippen LogP contribution in [0, 0.1) is 0 Å².